The number of halogens is 3. The second-order valence-corrected chi connectivity index (χ2v) is 11.1. The first-order valence-corrected chi connectivity index (χ1v) is 14.0. The number of amides is 2. The van der Waals surface area contributed by atoms with Crippen LogP contribution in [-0.4, -0.2) is 54.1 Å². The van der Waals surface area contributed by atoms with Crippen LogP contribution in [0.4, 0.5) is 34.5 Å². The molecule has 3 N–H and O–H groups in total. The van der Waals surface area contributed by atoms with Crippen molar-refractivity contribution >= 4 is 45.5 Å². The predicted octanol–water partition coefficient (Wildman–Crippen LogP) is 5.67. The van der Waals surface area contributed by atoms with Gasteiger partial charge in [0, 0.05) is 37.2 Å². The summed E-state index contributed by atoms with van der Waals surface area (Å²) in [5.41, 5.74) is 5.54. The summed E-state index contributed by atoms with van der Waals surface area (Å²) in [4.78, 5) is 31.8. The van der Waals surface area contributed by atoms with Gasteiger partial charge in [-0.15, -0.1) is 5.53 Å². The number of alkyl halides is 3. The molecule has 1 fully saturated rings. The number of nitrogens with zero attached hydrogens (tertiary/aromatic N) is 4. The number of likely N-dealkylation sites (tertiary alicyclic amines) is 1. The van der Waals surface area contributed by atoms with Crippen LogP contribution in [0.5, 0.6) is 0 Å². The Bertz CT molecular complexity index is 1520. The quantitative estimate of drug-likeness (QED) is 0.319. The number of aromatic nitrogens is 1. The number of rotatable bonds is 7. The molecule has 0 aliphatic carbocycles. The molecular formula is C28H30F3N7O3S. The van der Waals surface area contributed by atoms with Crippen LogP contribution in [-0.2, 0) is 17.5 Å². The second-order valence-electron chi connectivity index (χ2n) is 10.0. The van der Waals surface area contributed by atoms with Crippen molar-refractivity contribution in [3.63, 3.8) is 0 Å². The Morgan fingerprint density at radius 3 is 2.60 bits per heavy atom. The summed E-state index contributed by atoms with van der Waals surface area (Å²) in [5.74, 6) is -0.527. The number of anilines is 3. The van der Waals surface area contributed by atoms with Crippen LogP contribution >= 0.6 is 11.3 Å². The van der Waals surface area contributed by atoms with E-state index in [4.69, 9.17) is 0 Å². The minimum Gasteiger partial charge on any atom is -0.453 e. The molecule has 3 aromatic rings. The third kappa shape index (κ3) is 6.66. The largest absolute Gasteiger partial charge is 0.453 e. The Labute approximate surface area is 244 Å². The van der Waals surface area contributed by atoms with Gasteiger partial charge >= 0.3 is 12.3 Å². The van der Waals surface area contributed by atoms with Gasteiger partial charge in [-0.3, -0.25) is 25.0 Å². The first kappa shape index (κ1) is 29.4. The van der Waals surface area contributed by atoms with Gasteiger partial charge in [0.25, 0.3) is 5.91 Å². The monoisotopic (exact) mass is 601 g/mol. The third-order valence-corrected chi connectivity index (χ3v) is 7.87. The highest BCUT2D eigenvalue weighted by atomic mass is 32.1. The number of carbonyl (C=O) groups is 2. The lowest BCUT2D eigenvalue weighted by molar-refractivity contribution is -0.137. The second kappa shape index (κ2) is 12.0. The smallest absolute Gasteiger partial charge is 0.416 e. The van der Waals surface area contributed by atoms with E-state index in [2.05, 4.69) is 30.8 Å². The fourth-order valence-corrected chi connectivity index (χ4v) is 5.67. The SMILES string of the molecule is COC(=O)Nc1ncc(C2=CN(c3cc(C(=O)Nc4cc(CN5CCCC5)cc(C(F)(F)F)c4)ccc3C)NN2C)s1. The Morgan fingerprint density at radius 1 is 1.12 bits per heavy atom. The Balaban J connectivity index is 1.36. The molecular weight excluding hydrogens is 571 g/mol. The lowest BCUT2D eigenvalue weighted by Gasteiger charge is -2.22. The summed E-state index contributed by atoms with van der Waals surface area (Å²) in [7, 11) is 3.07. The summed E-state index contributed by atoms with van der Waals surface area (Å²) in [6.45, 7) is 3.96. The molecule has 0 atom stereocenters. The number of ether oxygens (including phenoxy) is 1. The molecule has 0 saturated carbocycles. The number of nitrogens with one attached hydrogen (secondary N) is 3. The van der Waals surface area contributed by atoms with E-state index >= 15 is 0 Å². The van der Waals surface area contributed by atoms with Gasteiger partial charge in [-0.25, -0.2) is 9.78 Å². The molecule has 0 spiro atoms. The fourth-order valence-electron chi connectivity index (χ4n) is 4.83. The van der Waals surface area contributed by atoms with E-state index in [0.29, 0.717) is 22.9 Å². The molecule has 0 radical (unpaired) electrons. The van der Waals surface area contributed by atoms with Crippen molar-refractivity contribution in [2.24, 2.45) is 0 Å². The molecule has 2 aliphatic rings. The van der Waals surface area contributed by atoms with E-state index in [1.54, 1.807) is 47.5 Å². The highest BCUT2D eigenvalue weighted by molar-refractivity contribution is 7.16. The first-order valence-electron chi connectivity index (χ1n) is 13.2. The maximum atomic E-state index is 13.7. The van der Waals surface area contributed by atoms with Crippen molar-refractivity contribution < 1.29 is 27.5 Å². The molecule has 1 aromatic heterocycles. The Kier molecular flexibility index (Phi) is 8.38. The molecule has 2 aliphatic heterocycles. The number of hydrazine groups is 2. The van der Waals surface area contributed by atoms with Crippen molar-refractivity contribution in [2.75, 3.05) is 42.9 Å². The van der Waals surface area contributed by atoms with Gasteiger partial charge in [0.2, 0.25) is 0 Å². The van der Waals surface area contributed by atoms with Gasteiger partial charge in [-0.1, -0.05) is 17.4 Å². The number of methoxy groups -OCH3 is 1. The minimum atomic E-state index is -4.54. The Morgan fingerprint density at radius 2 is 1.88 bits per heavy atom. The van der Waals surface area contributed by atoms with Crippen molar-refractivity contribution in [1.29, 1.82) is 0 Å². The standard InChI is InChI=1S/C28H30F3N7O3S/c1-17-6-7-19(12-22(17)38-16-23(36(2)35-38)24-14-32-26(42-24)34-27(40)41-3)25(39)33-21-11-18(15-37-8-4-5-9-37)10-20(13-21)28(29,30)31/h6-7,10-14,16,35H,4-5,8-9,15H2,1-3H3,(H,33,39)(H,32,34,40). The van der Waals surface area contributed by atoms with Crippen LogP contribution in [0, 0.1) is 6.92 Å². The number of hydrogen-bond acceptors (Lipinski definition) is 9. The molecule has 3 heterocycles. The number of carbonyl (C=O) groups excluding carboxylic acids is 2. The van der Waals surface area contributed by atoms with E-state index in [1.165, 1.54) is 18.4 Å². The Hall–Kier alpha value is -4.14. The first-order chi connectivity index (χ1) is 20.0. The zero-order valence-electron chi connectivity index (χ0n) is 23.2. The zero-order valence-corrected chi connectivity index (χ0v) is 24.0. The lowest BCUT2D eigenvalue weighted by atomic mass is 10.1. The molecule has 14 heteroatoms. The average Bonchev–Trinajstić information content (AvgIpc) is 3.70. The van der Waals surface area contributed by atoms with Gasteiger partial charge in [0.05, 0.1) is 28.9 Å². The molecule has 2 aromatic carbocycles. The van der Waals surface area contributed by atoms with Gasteiger partial charge in [0.15, 0.2) is 5.13 Å². The number of benzene rings is 2. The van der Waals surface area contributed by atoms with E-state index in [-0.39, 0.29) is 11.3 Å². The van der Waals surface area contributed by atoms with Crippen LogP contribution in [0.3, 0.4) is 0 Å². The minimum absolute atomic E-state index is 0.0916. The maximum absolute atomic E-state index is 13.7. The van der Waals surface area contributed by atoms with Crippen molar-refractivity contribution in [3.05, 3.63) is 75.9 Å². The average molecular weight is 602 g/mol. The van der Waals surface area contributed by atoms with E-state index in [9.17, 15) is 22.8 Å². The van der Waals surface area contributed by atoms with E-state index in [1.807, 2.05) is 13.1 Å². The molecule has 0 unspecified atom stereocenters. The van der Waals surface area contributed by atoms with Gasteiger partial charge < -0.3 is 10.1 Å². The predicted molar refractivity (Wildman–Crippen MR) is 155 cm³/mol. The van der Waals surface area contributed by atoms with Crippen molar-refractivity contribution in [1.82, 2.24) is 20.4 Å². The normalized spacial score (nSPS) is 15.6. The summed E-state index contributed by atoms with van der Waals surface area (Å²) < 4.78 is 45.6. The molecule has 42 heavy (non-hydrogen) atoms. The lowest BCUT2D eigenvalue weighted by Crippen LogP contribution is -2.38. The highest BCUT2D eigenvalue weighted by Crippen LogP contribution is 2.34. The fraction of sp³-hybridized carbons (Fsp3) is 0.321. The highest BCUT2D eigenvalue weighted by Gasteiger charge is 2.32. The summed E-state index contributed by atoms with van der Waals surface area (Å²) >= 11 is 1.26. The van der Waals surface area contributed by atoms with Gasteiger partial charge in [-0.2, -0.15) is 13.2 Å². The van der Waals surface area contributed by atoms with Crippen LogP contribution in [0.2, 0.25) is 0 Å². The van der Waals surface area contributed by atoms with Crippen LogP contribution in [0.15, 0.2) is 48.8 Å². The number of hydrogen-bond donors (Lipinski definition) is 3. The zero-order chi connectivity index (χ0) is 30.0. The maximum Gasteiger partial charge on any atom is 0.416 e. The topological polar surface area (TPSA) is 102 Å². The third-order valence-electron chi connectivity index (χ3n) is 6.94. The van der Waals surface area contributed by atoms with E-state index in [0.717, 1.165) is 54.2 Å². The van der Waals surface area contributed by atoms with Crippen LogP contribution in [0.25, 0.3) is 5.70 Å². The summed E-state index contributed by atoms with van der Waals surface area (Å²) in [6.07, 6.45) is 0.319. The van der Waals surface area contributed by atoms with Gasteiger partial charge in [-0.05, 0) is 74.3 Å². The number of aryl methyl sites for hydroxylation is 1. The summed E-state index contributed by atoms with van der Waals surface area (Å²) in [6, 6.07) is 8.78. The van der Waals surface area contributed by atoms with Crippen molar-refractivity contribution in [2.45, 2.75) is 32.5 Å². The molecule has 1 saturated heterocycles. The molecule has 222 valence electrons. The van der Waals surface area contributed by atoms with Crippen LogP contribution < -0.4 is 21.2 Å². The molecule has 2 amide bonds. The van der Waals surface area contributed by atoms with Crippen LogP contribution in [0.1, 0.15) is 44.8 Å². The summed E-state index contributed by atoms with van der Waals surface area (Å²) in [5, 5.41) is 9.06. The molecule has 5 rings (SSSR count). The molecule has 0 bridgehead atoms. The van der Waals surface area contributed by atoms with Gasteiger partial charge in [0.1, 0.15) is 0 Å². The number of thiazole rings is 1. The van der Waals surface area contributed by atoms with Crippen molar-refractivity contribution in [3.8, 4) is 0 Å². The van der Waals surface area contributed by atoms with E-state index < -0.39 is 23.7 Å². The molecule has 10 nitrogen and oxygen atoms in total.